The van der Waals surface area contributed by atoms with Gasteiger partial charge in [-0.1, -0.05) is 24.3 Å². The molecule has 4 nitrogen and oxygen atoms in total. The number of dihydropyridines is 1. The van der Waals surface area contributed by atoms with Crippen LogP contribution in [0.3, 0.4) is 0 Å². The van der Waals surface area contributed by atoms with Crippen molar-refractivity contribution in [1.82, 2.24) is 10.6 Å². The minimum Gasteiger partial charge on any atom is -0.393 e. The largest absolute Gasteiger partial charge is 0.393 e. The van der Waals surface area contributed by atoms with Gasteiger partial charge in [0.25, 0.3) is 0 Å². The van der Waals surface area contributed by atoms with Crippen LogP contribution in [0.1, 0.15) is 32.6 Å². The normalized spacial score (nSPS) is 45.0. The minimum absolute atomic E-state index is 0.00408. The monoisotopic (exact) mass is 313 g/mol. The number of fused-ring (bicyclic) bond motifs is 2. The number of nitrogens with zero attached hydrogens (tertiary/aromatic N) is 1. The SMILES string of the molecule is [B]C1C=C(C2(C)SC(=NC3CC4CCC3C4)NC2=O)C=CN1. The summed E-state index contributed by atoms with van der Waals surface area (Å²) in [5.74, 6) is 1.36. The fourth-order valence-corrected chi connectivity index (χ4v) is 5.23. The van der Waals surface area contributed by atoms with E-state index >= 15 is 0 Å². The van der Waals surface area contributed by atoms with E-state index in [2.05, 4.69) is 10.6 Å². The number of thioether (sulfide) groups is 1. The van der Waals surface area contributed by atoms with Crippen molar-refractivity contribution in [3.05, 3.63) is 23.9 Å². The van der Waals surface area contributed by atoms with E-state index in [0.29, 0.717) is 6.04 Å². The highest BCUT2D eigenvalue weighted by Crippen LogP contribution is 2.47. The van der Waals surface area contributed by atoms with Gasteiger partial charge in [-0.25, -0.2) is 0 Å². The van der Waals surface area contributed by atoms with Gasteiger partial charge in [0.05, 0.1) is 6.04 Å². The van der Waals surface area contributed by atoms with Gasteiger partial charge in [0.1, 0.15) is 12.6 Å². The first-order valence-corrected chi connectivity index (χ1v) is 8.85. The van der Waals surface area contributed by atoms with Crippen molar-refractivity contribution < 1.29 is 4.79 Å². The lowest BCUT2D eigenvalue weighted by molar-refractivity contribution is -0.120. The highest BCUT2D eigenvalue weighted by molar-refractivity contribution is 8.16. The first-order chi connectivity index (χ1) is 10.5. The molecule has 6 heteroatoms. The Hall–Kier alpha value is -1.17. The number of aliphatic imine (C=N–C) groups is 1. The zero-order chi connectivity index (χ0) is 15.3. The van der Waals surface area contributed by atoms with E-state index in [1.165, 1.54) is 37.4 Å². The topological polar surface area (TPSA) is 53.5 Å². The van der Waals surface area contributed by atoms with Gasteiger partial charge in [-0.15, -0.1) is 0 Å². The van der Waals surface area contributed by atoms with Crippen LogP contribution in [0.4, 0.5) is 0 Å². The molecular formula is C16H20BN3OS. The van der Waals surface area contributed by atoms with Crippen molar-refractivity contribution in [3.63, 3.8) is 0 Å². The van der Waals surface area contributed by atoms with Crippen LogP contribution in [0.5, 0.6) is 0 Å². The average molecular weight is 313 g/mol. The molecule has 2 radical (unpaired) electrons. The molecule has 2 aliphatic carbocycles. The molecule has 22 heavy (non-hydrogen) atoms. The lowest BCUT2D eigenvalue weighted by atomic mass is 9.87. The van der Waals surface area contributed by atoms with Gasteiger partial charge in [0.15, 0.2) is 5.17 Å². The van der Waals surface area contributed by atoms with Gasteiger partial charge >= 0.3 is 0 Å². The maximum absolute atomic E-state index is 12.5. The third kappa shape index (κ3) is 2.32. The molecule has 2 heterocycles. The van der Waals surface area contributed by atoms with E-state index in [1.54, 1.807) is 0 Å². The van der Waals surface area contributed by atoms with Crippen molar-refractivity contribution in [2.75, 3.05) is 0 Å². The molecule has 2 aliphatic heterocycles. The van der Waals surface area contributed by atoms with Crippen LogP contribution in [-0.2, 0) is 4.79 Å². The molecule has 2 bridgehead atoms. The Morgan fingerprint density at radius 3 is 2.95 bits per heavy atom. The number of amides is 1. The van der Waals surface area contributed by atoms with Crippen LogP contribution in [0.15, 0.2) is 28.9 Å². The Balaban J connectivity index is 1.54. The molecule has 4 rings (SSSR count). The Morgan fingerprint density at radius 1 is 1.41 bits per heavy atom. The van der Waals surface area contributed by atoms with E-state index in [1.807, 2.05) is 25.3 Å². The van der Waals surface area contributed by atoms with Gasteiger partial charge in [-0.05, 0) is 55.9 Å². The van der Waals surface area contributed by atoms with Crippen LogP contribution >= 0.6 is 11.8 Å². The molecule has 114 valence electrons. The predicted octanol–water partition coefficient (Wildman–Crippen LogP) is 1.69. The maximum Gasteiger partial charge on any atom is 0.246 e. The number of carbonyl (C=O) groups excluding carboxylic acids is 1. The van der Waals surface area contributed by atoms with Gasteiger partial charge < -0.3 is 10.6 Å². The van der Waals surface area contributed by atoms with Crippen molar-refractivity contribution in [2.24, 2.45) is 16.8 Å². The van der Waals surface area contributed by atoms with E-state index in [0.717, 1.165) is 22.6 Å². The molecule has 4 aliphatic rings. The summed E-state index contributed by atoms with van der Waals surface area (Å²) in [6, 6.07) is 0.406. The Kier molecular flexibility index (Phi) is 3.40. The third-order valence-corrected chi connectivity index (χ3v) is 6.63. The number of rotatable bonds is 2. The Labute approximate surface area is 136 Å². The quantitative estimate of drug-likeness (QED) is 0.763. The second kappa shape index (κ2) is 5.19. The lowest BCUT2D eigenvalue weighted by Gasteiger charge is -2.25. The van der Waals surface area contributed by atoms with Crippen LogP contribution in [0.2, 0.25) is 0 Å². The number of amidine groups is 1. The van der Waals surface area contributed by atoms with Gasteiger partial charge in [0, 0.05) is 5.94 Å². The third-order valence-electron chi connectivity index (χ3n) is 5.40. The fraction of sp³-hybridized carbons (Fsp3) is 0.625. The molecule has 2 saturated carbocycles. The summed E-state index contributed by atoms with van der Waals surface area (Å²) in [6.45, 7) is 1.95. The van der Waals surface area contributed by atoms with E-state index in [4.69, 9.17) is 12.8 Å². The summed E-state index contributed by atoms with van der Waals surface area (Å²) < 4.78 is -0.632. The van der Waals surface area contributed by atoms with Crippen molar-refractivity contribution in [1.29, 1.82) is 0 Å². The summed E-state index contributed by atoms with van der Waals surface area (Å²) in [5, 5.41) is 6.77. The predicted molar refractivity (Wildman–Crippen MR) is 90.7 cm³/mol. The van der Waals surface area contributed by atoms with Gasteiger partial charge in [-0.3, -0.25) is 9.79 Å². The molecule has 1 amide bonds. The highest BCUT2D eigenvalue weighted by Gasteiger charge is 2.46. The Morgan fingerprint density at radius 2 is 2.27 bits per heavy atom. The second-order valence-corrected chi connectivity index (χ2v) is 8.32. The number of hydrogen-bond donors (Lipinski definition) is 2. The summed E-state index contributed by atoms with van der Waals surface area (Å²) in [7, 11) is 5.89. The van der Waals surface area contributed by atoms with Crippen molar-refractivity contribution >= 4 is 30.7 Å². The first-order valence-electron chi connectivity index (χ1n) is 8.03. The van der Waals surface area contributed by atoms with Gasteiger partial charge in [0.2, 0.25) is 5.91 Å². The Bertz CT molecular complexity index is 602. The number of nitrogens with one attached hydrogen (secondary N) is 2. The first kappa shape index (κ1) is 14.4. The smallest absolute Gasteiger partial charge is 0.246 e. The second-order valence-electron chi connectivity index (χ2n) is 6.91. The van der Waals surface area contributed by atoms with Gasteiger partial charge in [-0.2, -0.15) is 0 Å². The van der Waals surface area contributed by atoms with Crippen LogP contribution in [0, 0.1) is 11.8 Å². The molecule has 0 aromatic rings. The number of carbonyl (C=O) groups is 1. The minimum atomic E-state index is -0.632. The standard InChI is InChI=1S/C16H20BN3OS/c1-16(11-4-5-18-13(17)8-11)14(21)20-15(22-16)19-12-7-9-2-3-10(12)6-9/h4-5,8-10,12-13,18H,2-3,6-7H2,1H3,(H,19,20,21). The lowest BCUT2D eigenvalue weighted by Crippen LogP contribution is -2.38. The van der Waals surface area contributed by atoms with E-state index < -0.39 is 4.75 Å². The van der Waals surface area contributed by atoms with Crippen molar-refractivity contribution in [2.45, 2.75) is 49.3 Å². The molecule has 5 atom stereocenters. The molecule has 0 aromatic heterocycles. The van der Waals surface area contributed by atoms with E-state index in [-0.39, 0.29) is 11.8 Å². The molecule has 0 aromatic carbocycles. The summed E-state index contributed by atoms with van der Waals surface area (Å²) in [4.78, 5) is 17.4. The zero-order valence-corrected chi connectivity index (χ0v) is 13.5. The zero-order valence-electron chi connectivity index (χ0n) is 12.7. The summed E-state index contributed by atoms with van der Waals surface area (Å²) in [5.41, 5.74) is 0.944. The van der Waals surface area contributed by atoms with E-state index in [9.17, 15) is 4.79 Å². The maximum atomic E-state index is 12.5. The molecular weight excluding hydrogens is 293 g/mol. The highest BCUT2D eigenvalue weighted by atomic mass is 32.2. The van der Waals surface area contributed by atoms with Crippen LogP contribution < -0.4 is 10.6 Å². The van der Waals surface area contributed by atoms with Crippen LogP contribution in [-0.4, -0.2) is 35.7 Å². The van der Waals surface area contributed by atoms with Crippen LogP contribution in [0.25, 0.3) is 0 Å². The molecule has 0 spiro atoms. The van der Waals surface area contributed by atoms with Crippen molar-refractivity contribution in [3.8, 4) is 0 Å². The summed E-state index contributed by atoms with van der Waals surface area (Å²) >= 11 is 1.53. The number of hydrogen-bond acceptors (Lipinski definition) is 4. The average Bonchev–Trinajstić information content (AvgIpc) is 3.15. The number of allylic oxidation sites excluding steroid dienone is 1. The molecule has 2 N–H and O–H groups in total. The fourth-order valence-electron chi connectivity index (χ4n) is 4.11. The molecule has 3 fully saturated rings. The molecule has 5 unspecified atom stereocenters. The summed E-state index contributed by atoms with van der Waals surface area (Å²) in [6.07, 6.45) is 10.8. The molecule has 1 saturated heterocycles.